The summed E-state index contributed by atoms with van der Waals surface area (Å²) >= 11 is 1.34. The highest BCUT2D eigenvalue weighted by Gasteiger charge is 2.32. The van der Waals surface area contributed by atoms with Crippen LogP contribution < -0.4 is 9.47 Å². The number of rotatable bonds is 7. The van der Waals surface area contributed by atoms with E-state index < -0.39 is 0 Å². The quantitative estimate of drug-likeness (QED) is 0.538. The Kier molecular flexibility index (Phi) is 6.18. The van der Waals surface area contributed by atoms with Gasteiger partial charge in [-0.25, -0.2) is 0 Å². The number of tetrazole rings is 1. The number of nitrogens with zero attached hydrogens (tertiary/aromatic N) is 5. The number of amides is 1. The van der Waals surface area contributed by atoms with Crippen molar-refractivity contribution in [2.24, 2.45) is 0 Å². The molecule has 1 amide bonds. The Hall–Kier alpha value is -3.07. The van der Waals surface area contributed by atoms with Crippen molar-refractivity contribution in [2.45, 2.75) is 24.0 Å². The van der Waals surface area contributed by atoms with Gasteiger partial charge >= 0.3 is 0 Å². The molecule has 0 saturated carbocycles. The molecule has 0 spiro atoms. The molecule has 30 heavy (non-hydrogen) atoms. The largest absolute Gasteiger partial charge is 0.497 e. The summed E-state index contributed by atoms with van der Waals surface area (Å²) in [6.45, 7) is 0.716. The van der Waals surface area contributed by atoms with E-state index >= 15 is 0 Å². The molecule has 9 heteroatoms. The van der Waals surface area contributed by atoms with Crippen LogP contribution in [-0.4, -0.2) is 57.5 Å². The minimum absolute atomic E-state index is 0.0340. The highest BCUT2D eigenvalue weighted by molar-refractivity contribution is 7.99. The molecule has 0 aliphatic carbocycles. The molecule has 1 saturated heterocycles. The van der Waals surface area contributed by atoms with Crippen LogP contribution in [0.4, 0.5) is 0 Å². The van der Waals surface area contributed by atoms with Crippen LogP contribution in [0, 0.1) is 0 Å². The fourth-order valence-corrected chi connectivity index (χ4v) is 4.47. The molecule has 4 rings (SSSR count). The molecule has 2 aromatic carbocycles. The number of hydrogen-bond acceptors (Lipinski definition) is 7. The molecule has 1 unspecified atom stereocenters. The van der Waals surface area contributed by atoms with Gasteiger partial charge in [-0.05, 0) is 53.6 Å². The van der Waals surface area contributed by atoms with Crippen LogP contribution in [-0.2, 0) is 4.79 Å². The van der Waals surface area contributed by atoms with Crippen molar-refractivity contribution in [3.63, 3.8) is 0 Å². The van der Waals surface area contributed by atoms with Crippen LogP contribution in [0.5, 0.6) is 11.5 Å². The second kappa shape index (κ2) is 9.17. The normalized spacial score (nSPS) is 15.9. The predicted molar refractivity (Wildman–Crippen MR) is 113 cm³/mol. The first-order valence-electron chi connectivity index (χ1n) is 9.69. The molecule has 1 aliphatic rings. The van der Waals surface area contributed by atoms with Gasteiger partial charge < -0.3 is 14.4 Å². The molecule has 0 radical (unpaired) electrons. The standard InChI is InChI=1S/C21H23N5O3S/c1-28-16-10-11-19(29-2)17(13-16)18-9-6-12-25(18)20(27)14-30-21-22-23-24-26(21)15-7-4-3-5-8-15/h3-5,7-8,10-11,13,18H,6,9,12,14H2,1-2H3. The Morgan fingerprint density at radius 3 is 2.77 bits per heavy atom. The van der Waals surface area contributed by atoms with Crippen molar-refractivity contribution in [1.82, 2.24) is 25.1 Å². The van der Waals surface area contributed by atoms with Crippen LogP contribution in [0.15, 0.2) is 53.7 Å². The SMILES string of the molecule is COc1ccc(OC)c(C2CCCN2C(=O)CSc2nnnn2-c2ccccc2)c1. The van der Waals surface area contributed by atoms with Gasteiger partial charge in [0, 0.05) is 12.1 Å². The Bertz CT molecular complexity index is 1010. The minimum atomic E-state index is -0.0340. The first kappa shape index (κ1) is 20.2. The topological polar surface area (TPSA) is 82.4 Å². The second-order valence-corrected chi connectivity index (χ2v) is 7.79. The summed E-state index contributed by atoms with van der Waals surface area (Å²) in [5.41, 5.74) is 1.83. The average molecular weight is 426 g/mol. The number of ether oxygens (including phenoxy) is 2. The zero-order chi connectivity index (χ0) is 20.9. The maximum Gasteiger partial charge on any atom is 0.233 e. The summed E-state index contributed by atoms with van der Waals surface area (Å²) in [6.07, 6.45) is 1.84. The van der Waals surface area contributed by atoms with Crippen molar-refractivity contribution in [3.8, 4) is 17.2 Å². The van der Waals surface area contributed by atoms with Crippen LogP contribution in [0.2, 0.25) is 0 Å². The van der Waals surface area contributed by atoms with Crippen molar-refractivity contribution in [3.05, 3.63) is 54.1 Å². The number of aromatic nitrogens is 4. The number of benzene rings is 2. The maximum atomic E-state index is 13.1. The molecule has 8 nitrogen and oxygen atoms in total. The summed E-state index contributed by atoms with van der Waals surface area (Å²) in [6, 6.07) is 15.3. The van der Waals surface area contributed by atoms with Gasteiger partial charge in [-0.3, -0.25) is 4.79 Å². The van der Waals surface area contributed by atoms with Crippen molar-refractivity contribution >= 4 is 17.7 Å². The van der Waals surface area contributed by atoms with Gasteiger partial charge in [0.15, 0.2) is 0 Å². The number of hydrogen-bond donors (Lipinski definition) is 0. The van der Waals surface area contributed by atoms with Gasteiger partial charge in [-0.2, -0.15) is 4.68 Å². The monoisotopic (exact) mass is 425 g/mol. The molecule has 1 aromatic heterocycles. The lowest BCUT2D eigenvalue weighted by Gasteiger charge is -2.26. The average Bonchev–Trinajstić information content (AvgIpc) is 3.47. The smallest absolute Gasteiger partial charge is 0.233 e. The molecular weight excluding hydrogens is 402 g/mol. The number of thioether (sulfide) groups is 1. The van der Waals surface area contributed by atoms with Crippen LogP contribution in [0.1, 0.15) is 24.4 Å². The number of para-hydroxylation sites is 1. The van der Waals surface area contributed by atoms with Crippen LogP contribution in [0.25, 0.3) is 5.69 Å². The number of methoxy groups -OCH3 is 2. The first-order valence-corrected chi connectivity index (χ1v) is 10.7. The number of likely N-dealkylation sites (tertiary alicyclic amines) is 1. The Morgan fingerprint density at radius 2 is 2.00 bits per heavy atom. The number of carbonyl (C=O) groups is 1. The van der Waals surface area contributed by atoms with Gasteiger partial charge in [0.25, 0.3) is 0 Å². The third kappa shape index (κ3) is 4.11. The highest BCUT2D eigenvalue weighted by atomic mass is 32.2. The van der Waals surface area contributed by atoms with E-state index in [2.05, 4.69) is 15.5 Å². The summed E-state index contributed by atoms with van der Waals surface area (Å²) < 4.78 is 12.6. The number of carbonyl (C=O) groups excluding carboxylic acids is 1. The lowest BCUT2D eigenvalue weighted by atomic mass is 10.0. The third-order valence-corrected chi connectivity index (χ3v) is 6.04. The van der Waals surface area contributed by atoms with E-state index in [0.717, 1.165) is 35.6 Å². The van der Waals surface area contributed by atoms with E-state index in [9.17, 15) is 4.79 Å². The molecule has 1 aliphatic heterocycles. The van der Waals surface area contributed by atoms with E-state index in [4.69, 9.17) is 9.47 Å². The molecule has 1 atom stereocenters. The van der Waals surface area contributed by atoms with E-state index in [0.29, 0.717) is 11.7 Å². The van der Waals surface area contributed by atoms with Gasteiger partial charge in [-0.1, -0.05) is 30.0 Å². The molecule has 156 valence electrons. The zero-order valence-electron chi connectivity index (χ0n) is 16.9. The van der Waals surface area contributed by atoms with Gasteiger partial charge in [0.05, 0.1) is 31.7 Å². The Balaban J connectivity index is 1.49. The molecule has 3 aromatic rings. The summed E-state index contributed by atoms with van der Waals surface area (Å²) in [5.74, 6) is 1.83. The van der Waals surface area contributed by atoms with E-state index in [1.54, 1.807) is 18.9 Å². The fraction of sp³-hybridized carbons (Fsp3) is 0.333. The Labute approximate surface area is 179 Å². The first-order chi connectivity index (χ1) is 14.7. The van der Waals surface area contributed by atoms with E-state index in [1.807, 2.05) is 53.4 Å². The van der Waals surface area contributed by atoms with E-state index in [-0.39, 0.29) is 17.7 Å². The molecule has 0 bridgehead atoms. The van der Waals surface area contributed by atoms with Crippen molar-refractivity contribution < 1.29 is 14.3 Å². The molecular formula is C21H23N5O3S. The van der Waals surface area contributed by atoms with Crippen LogP contribution >= 0.6 is 11.8 Å². The third-order valence-electron chi connectivity index (χ3n) is 5.14. The van der Waals surface area contributed by atoms with Crippen molar-refractivity contribution in [1.29, 1.82) is 0 Å². The summed E-state index contributed by atoms with van der Waals surface area (Å²) in [5, 5.41) is 12.5. The second-order valence-electron chi connectivity index (χ2n) is 6.85. The molecule has 0 N–H and O–H groups in total. The zero-order valence-corrected chi connectivity index (χ0v) is 17.7. The molecule has 1 fully saturated rings. The van der Waals surface area contributed by atoms with E-state index in [1.165, 1.54) is 11.8 Å². The predicted octanol–water partition coefficient (Wildman–Crippen LogP) is 3.14. The molecule has 2 heterocycles. The Morgan fingerprint density at radius 1 is 1.17 bits per heavy atom. The lowest BCUT2D eigenvalue weighted by Crippen LogP contribution is -2.32. The highest BCUT2D eigenvalue weighted by Crippen LogP contribution is 2.39. The minimum Gasteiger partial charge on any atom is -0.497 e. The van der Waals surface area contributed by atoms with Gasteiger partial charge in [0.2, 0.25) is 11.1 Å². The fourth-order valence-electron chi connectivity index (χ4n) is 3.70. The summed E-state index contributed by atoms with van der Waals surface area (Å²) in [7, 11) is 3.28. The lowest BCUT2D eigenvalue weighted by molar-refractivity contribution is -0.129. The van der Waals surface area contributed by atoms with Crippen LogP contribution in [0.3, 0.4) is 0 Å². The maximum absolute atomic E-state index is 13.1. The van der Waals surface area contributed by atoms with Gasteiger partial charge in [0.1, 0.15) is 11.5 Å². The van der Waals surface area contributed by atoms with Gasteiger partial charge in [-0.15, -0.1) is 5.10 Å². The van der Waals surface area contributed by atoms with Crippen molar-refractivity contribution in [2.75, 3.05) is 26.5 Å². The summed E-state index contributed by atoms with van der Waals surface area (Å²) in [4.78, 5) is 15.0.